The summed E-state index contributed by atoms with van der Waals surface area (Å²) >= 11 is 4.71. The predicted octanol–water partition coefficient (Wildman–Crippen LogP) is 6.73. The molecule has 3 amide bonds. The molecule has 0 spiro atoms. The van der Waals surface area contributed by atoms with E-state index in [9.17, 15) is 18.8 Å². The number of benzene rings is 4. The maximum absolute atomic E-state index is 14.3. The van der Waals surface area contributed by atoms with Crippen LogP contribution in [0.25, 0.3) is 6.08 Å². The maximum Gasteiger partial charge on any atom is 0.272 e. The molecule has 9 heteroatoms. The molecule has 0 aromatic heterocycles. The molecule has 0 unspecified atom stereocenters. The fourth-order valence-electron chi connectivity index (χ4n) is 3.40. The van der Waals surface area contributed by atoms with Gasteiger partial charge in [0.1, 0.15) is 11.5 Å². The number of hydrogen-bond donors (Lipinski definition) is 3. The van der Waals surface area contributed by atoms with Crippen molar-refractivity contribution >= 4 is 62.9 Å². The summed E-state index contributed by atoms with van der Waals surface area (Å²) in [6.07, 6.45) is 1.29. The van der Waals surface area contributed by atoms with Crippen molar-refractivity contribution < 1.29 is 18.8 Å². The molecule has 0 aliphatic carbocycles. The molecule has 0 aliphatic heterocycles. The molecule has 4 aromatic rings. The summed E-state index contributed by atoms with van der Waals surface area (Å²) in [7, 11) is 0. The van der Waals surface area contributed by atoms with Crippen LogP contribution >= 0.6 is 27.7 Å². The lowest BCUT2D eigenvalue weighted by molar-refractivity contribution is -0.114. The van der Waals surface area contributed by atoms with Gasteiger partial charge in [-0.05, 0) is 72.8 Å². The minimum atomic E-state index is -0.614. The Morgan fingerprint density at radius 1 is 0.769 bits per heavy atom. The Morgan fingerprint density at radius 3 is 2.08 bits per heavy atom. The standard InChI is InChI=1S/C30H23BrFN3O3S/c31-22-10-12-23(13-11-22)33-28(36)19-39-25-16-14-24(15-17-25)34-30(38)27(18-21-8-4-5-9-26(21)32)35-29(37)20-6-2-1-3-7-20/h1-18H,19H2,(H,33,36)(H,34,38)(H,35,37)/b27-18-. The Hall–Kier alpha value is -4.21. The summed E-state index contributed by atoms with van der Waals surface area (Å²) in [5.74, 6) is -1.57. The molecule has 3 N–H and O–H groups in total. The minimum absolute atomic E-state index is 0.114. The first-order chi connectivity index (χ1) is 18.9. The first-order valence-electron chi connectivity index (χ1n) is 11.8. The monoisotopic (exact) mass is 603 g/mol. The summed E-state index contributed by atoms with van der Waals surface area (Å²) in [4.78, 5) is 38.9. The fourth-order valence-corrected chi connectivity index (χ4v) is 4.36. The second-order valence-corrected chi connectivity index (χ2v) is 10.2. The normalized spacial score (nSPS) is 11.0. The molecule has 0 fully saturated rings. The van der Waals surface area contributed by atoms with Crippen molar-refractivity contribution in [1.29, 1.82) is 0 Å². The largest absolute Gasteiger partial charge is 0.325 e. The third-order valence-electron chi connectivity index (χ3n) is 5.34. The zero-order valence-electron chi connectivity index (χ0n) is 20.5. The van der Waals surface area contributed by atoms with Gasteiger partial charge in [0.05, 0.1) is 5.75 Å². The maximum atomic E-state index is 14.3. The Labute approximate surface area is 237 Å². The Morgan fingerprint density at radius 2 is 1.38 bits per heavy atom. The van der Waals surface area contributed by atoms with E-state index in [1.807, 2.05) is 12.1 Å². The molecule has 0 saturated carbocycles. The van der Waals surface area contributed by atoms with Gasteiger partial charge >= 0.3 is 0 Å². The van der Waals surface area contributed by atoms with Gasteiger partial charge in [0, 0.05) is 31.9 Å². The van der Waals surface area contributed by atoms with Crippen LogP contribution in [-0.2, 0) is 9.59 Å². The first kappa shape index (κ1) is 27.8. The number of thioether (sulfide) groups is 1. The van der Waals surface area contributed by atoms with Crippen LogP contribution in [0.2, 0.25) is 0 Å². The highest BCUT2D eigenvalue weighted by Gasteiger charge is 2.16. The van der Waals surface area contributed by atoms with Gasteiger partial charge in [-0.15, -0.1) is 11.8 Å². The number of hydrogen-bond acceptors (Lipinski definition) is 4. The summed E-state index contributed by atoms with van der Waals surface area (Å²) < 4.78 is 15.2. The smallest absolute Gasteiger partial charge is 0.272 e. The molecular formula is C30H23BrFN3O3S. The van der Waals surface area contributed by atoms with E-state index >= 15 is 0 Å². The van der Waals surface area contributed by atoms with Crippen molar-refractivity contribution in [1.82, 2.24) is 5.32 Å². The van der Waals surface area contributed by atoms with Crippen molar-refractivity contribution in [3.63, 3.8) is 0 Å². The van der Waals surface area contributed by atoms with Gasteiger partial charge in [-0.1, -0.05) is 52.3 Å². The summed E-state index contributed by atoms with van der Waals surface area (Å²) in [6, 6.07) is 28.6. The zero-order chi connectivity index (χ0) is 27.6. The third kappa shape index (κ3) is 8.39. The highest BCUT2D eigenvalue weighted by Crippen LogP contribution is 2.22. The van der Waals surface area contributed by atoms with Crippen molar-refractivity contribution in [2.75, 3.05) is 16.4 Å². The van der Waals surface area contributed by atoms with Crippen molar-refractivity contribution in [3.8, 4) is 0 Å². The van der Waals surface area contributed by atoms with E-state index in [1.54, 1.807) is 78.9 Å². The van der Waals surface area contributed by atoms with E-state index in [-0.39, 0.29) is 22.9 Å². The molecule has 196 valence electrons. The quantitative estimate of drug-likeness (QED) is 0.146. The number of rotatable bonds is 9. The van der Waals surface area contributed by atoms with Crippen molar-refractivity contribution in [2.24, 2.45) is 0 Å². The number of nitrogens with one attached hydrogen (secondary N) is 3. The van der Waals surface area contributed by atoms with Gasteiger partial charge in [-0.2, -0.15) is 0 Å². The Balaban J connectivity index is 1.40. The van der Waals surface area contributed by atoms with Crippen molar-refractivity contribution in [3.05, 3.63) is 130 Å². The van der Waals surface area contributed by atoms with E-state index in [2.05, 4.69) is 31.9 Å². The van der Waals surface area contributed by atoms with Crippen LogP contribution in [0.1, 0.15) is 15.9 Å². The van der Waals surface area contributed by atoms with E-state index in [1.165, 1.54) is 30.0 Å². The fraction of sp³-hybridized carbons (Fsp3) is 0.0333. The Kier molecular flexibility index (Phi) is 9.66. The topological polar surface area (TPSA) is 87.3 Å². The summed E-state index contributed by atoms with van der Waals surface area (Å²) in [6.45, 7) is 0. The molecule has 0 saturated heterocycles. The number of halogens is 2. The highest BCUT2D eigenvalue weighted by atomic mass is 79.9. The van der Waals surface area contributed by atoms with Gasteiger partial charge in [-0.3, -0.25) is 14.4 Å². The molecule has 0 radical (unpaired) electrons. The van der Waals surface area contributed by atoms with Crippen molar-refractivity contribution in [2.45, 2.75) is 4.90 Å². The molecule has 4 rings (SSSR count). The second-order valence-electron chi connectivity index (χ2n) is 8.22. The van der Waals surface area contributed by atoms with Crippen LogP contribution in [0.3, 0.4) is 0 Å². The average molecular weight is 605 g/mol. The molecule has 39 heavy (non-hydrogen) atoms. The van der Waals surface area contributed by atoms with Crippen LogP contribution in [0.5, 0.6) is 0 Å². The van der Waals surface area contributed by atoms with E-state index in [0.717, 1.165) is 9.37 Å². The minimum Gasteiger partial charge on any atom is -0.325 e. The lowest BCUT2D eigenvalue weighted by atomic mass is 10.1. The van der Waals surface area contributed by atoms with Crippen LogP contribution in [0, 0.1) is 5.82 Å². The Bertz CT molecular complexity index is 1490. The lowest BCUT2D eigenvalue weighted by Gasteiger charge is -2.12. The molecule has 0 atom stereocenters. The SMILES string of the molecule is O=C(CSc1ccc(NC(=O)/C(=C/c2ccccc2F)NC(=O)c2ccccc2)cc1)Nc1ccc(Br)cc1. The molecular weight excluding hydrogens is 581 g/mol. The first-order valence-corrected chi connectivity index (χ1v) is 13.6. The van der Waals surface area contributed by atoms with Crippen LogP contribution < -0.4 is 16.0 Å². The molecule has 0 heterocycles. The van der Waals surface area contributed by atoms with Crippen LogP contribution in [0.15, 0.2) is 118 Å². The predicted molar refractivity (Wildman–Crippen MR) is 157 cm³/mol. The van der Waals surface area contributed by atoms with E-state index in [4.69, 9.17) is 0 Å². The molecule has 0 bridgehead atoms. The van der Waals surface area contributed by atoms with Crippen LogP contribution in [0.4, 0.5) is 15.8 Å². The van der Waals surface area contributed by atoms with Gasteiger partial charge < -0.3 is 16.0 Å². The van der Waals surface area contributed by atoms with E-state index < -0.39 is 17.6 Å². The number of carbonyl (C=O) groups is 3. The summed E-state index contributed by atoms with van der Waals surface area (Å²) in [5, 5.41) is 8.15. The third-order valence-corrected chi connectivity index (χ3v) is 6.88. The highest BCUT2D eigenvalue weighted by molar-refractivity contribution is 9.10. The molecule has 4 aromatic carbocycles. The number of amides is 3. The summed E-state index contributed by atoms with van der Waals surface area (Å²) in [5.41, 5.74) is 1.58. The average Bonchev–Trinajstić information content (AvgIpc) is 2.95. The number of carbonyl (C=O) groups excluding carboxylic acids is 3. The van der Waals surface area contributed by atoms with Gasteiger partial charge in [-0.25, -0.2) is 4.39 Å². The van der Waals surface area contributed by atoms with Crippen LogP contribution in [-0.4, -0.2) is 23.5 Å². The van der Waals surface area contributed by atoms with Gasteiger partial charge in [0.25, 0.3) is 11.8 Å². The lowest BCUT2D eigenvalue weighted by Crippen LogP contribution is -2.30. The van der Waals surface area contributed by atoms with E-state index in [0.29, 0.717) is 16.9 Å². The second kappa shape index (κ2) is 13.5. The van der Waals surface area contributed by atoms with Gasteiger partial charge in [0.2, 0.25) is 5.91 Å². The zero-order valence-corrected chi connectivity index (χ0v) is 22.9. The number of anilines is 2. The molecule has 0 aliphatic rings. The molecule has 6 nitrogen and oxygen atoms in total. The van der Waals surface area contributed by atoms with Gasteiger partial charge in [0.15, 0.2) is 0 Å².